The Labute approximate surface area is 118 Å². The lowest BCUT2D eigenvalue weighted by atomic mass is 10.2. The molecular weight excluding hydrogens is 252 g/mol. The molecule has 0 radical (unpaired) electrons. The molecule has 2 heterocycles. The van der Waals surface area contributed by atoms with E-state index in [0.717, 1.165) is 24.6 Å². The Bertz CT molecular complexity index is 542. The molecule has 1 aromatic rings. The standard InChI is InChI=1S/C15H20N4O/c1-9-6-12(9)19-8-11(7-14(19)20)17-13-4-5-16-15(18-13)10-2-3-10/h4-5,9-12H,2-3,6-8H2,1H3,(H,16,17,18). The van der Waals surface area contributed by atoms with Gasteiger partial charge in [0.1, 0.15) is 11.6 Å². The molecule has 3 atom stereocenters. The van der Waals surface area contributed by atoms with Crippen molar-refractivity contribution in [1.29, 1.82) is 0 Å². The summed E-state index contributed by atoms with van der Waals surface area (Å²) < 4.78 is 0. The molecule has 1 aromatic heterocycles. The van der Waals surface area contributed by atoms with Crippen LogP contribution in [0.2, 0.25) is 0 Å². The van der Waals surface area contributed by atoms with Gasteiger partial charge in [-0.2, -0.15) is 0 Å². The summed E-state index contributed by atoms with van der Waals surface area (Å²) in [6, 6.07) is 2.58. The van der Waals surface area contributed by atoms with Gasteiger partial charge < -0.3 is 10.2 Å². The number of aromatic nitrogens is 2. The number of hydrogen-bond donors (Lipinski definition) is 1. The van der Waals surface area contributed by atoms with Crippen molar-refractivity contribution in [3.05, 3.63) is 18.1 Å². The second-order valence-corrected chi connectivity index (χ2v) is 6.45. The Morgan fingerprint density at radius 3 is 2.90 bits per heavy atom. The van der Waals surface area contributed by atoms with Gasteiger partial charge in [-0.15, -0.1) is 0 Å². The van der Waals surface area contributed by atoms with Crippen LogP contribution in [0.25, 0.3) is 0 Å². The van der Waals surface area contributed by atoms with E-state index in [1.165, 1.54) is 12.8 Å². The highest BCUT2D eigenvalue weighted by Crippen LogP contribution is 2.39. The Morgan fingerprint density at radius 2 is 2.20 bits per heavy atom. The van der Waals surface area contributed by atoms with E-state index < -0.39 is 0 Å². The fourth-order valence-corrected chi connectivity index (χ4v) is 3.09. The smallest absolute Gasteiger partial charge is 0.225 e. The molecule has 2 saturated carbocycles. The van der Waals surface area contributed by atoms with Crippen molar-refractivity contribution < 1.29 is 4.79 Å². The number of nitrogens with zero attached hydrogens (tertiary/aromatic N) is 3. The molecule has 5 nitrogen and oxygen atoms in total. The number of carbonyl (C=O) groups excluding carboxylic acids is 1. The first-order valence-electron chi connectivity index (χ1n) is 7.59. The monoisotopic (exact) mass is 272 g/mol. The number of carbonyl (C=O) groups is 1. The minimum Gasteiger partial charge on any atom is -0.365 e. The van der Waals surface area contributed by atoms with E-state index >= 15 is 0 Å². The largest absolute Gasteiger partial charge is 0.365 e. The maximum absolute atomic E-state index is 12.0. The van der Waals surface area contributed by atoms with Gasteiger partial charge in [0.05, 0.1) is 6.04 Å². The molecular formula is C15H20N4O. The lowest BCUT2D eigenvalue weighted by Gasteiger charge is -2.17. The first-order chi connectivity index (χ1) is 9.70. The van der Waals surface area contributed by atoms with Gasteiger partial charge in [-0.1, -0.05) is 6.92 Å². The van der Waals surface area contributed by atoms with Crippen molar-refractivity contribution in [2.45, 2.75) is 50.6 Å². The Kier molecular flexibility index (Phi) is 2.69. The molecule has 106 valence electrons. The van der Waals surface area contributed by atoms with E-state index in [9.17, 15) is 4.79 Å². The van der Waals surface area contributed by atoms with Crippen LogP contribution in [0, 0.1) is 5.92 Å². The van der Waals surface area contributed by atoms with Gasteiger partial charge in [-0.25, -0.2) is 9.97 Å². The highest BCUT2D eigenvalue weighted by molar-refractivity contribution is 5.80. The maximum atomic E-state index is 12.0. The predicted octanol–water partition coefficient (Wildman–Crippen LogP) is 1.78. The average molecular weight is 272 g/mol. The average Bonchev–Trinajstić information content (AvgIpc) is 3.33. The predicted molar refractivity (Wildman–Crippen MR) is 75.3 cm³/mol. The van der Waals surface area contributed by atoms with Crippen LogP contribution in [0.1, 0.15) is 44.3 Å². The van der Waals surface area contributed by atoms with E-state index in [1.54, 1.807) is 0 Å². The minimum absolute atomic E-state index is 0.192. The topological polar surface area (TPSA) is 58.1 Å². The molecule has 1 saturated heterocycles. The molecule has 0 bridgehead atoms. The highest BCUT2D eigenvalue weighted by Gasteiger charge is 2.44. The highest BCUT2D eigenvalue weighted by atomic mass is 16.2. The molecule has 1 amide bonds. The van der Waals surface area contributed by atoms with Crippen molar-refractivity contribution in [2.75, 3.05) is 11.9 Å². The fraction of sp³-hybridized carbons (Fsp3) is 0.667. The van der Waals surface area contributed by atoms with Gasteiger partial charge in [0.25, 0.3) is 0 Å². The summed E-state index contributed by atoms with van der Waals surface area (Å²) in [5.74, 6) is 3.34. The third kappa shape index (κ3) is 2.25. The van der Waals surface area contributed by atoms with Gasteiger partial charge in [0.15, 0.2) is 0 Å². The fourth-order valence-electron chi connectivity index (χ4n) is 3.09. The van der Waals surface area contributed by atoms with E-state index in [-0.39, 0.29) is 11.9 Å². The zero-order valence-corrected chi connectivity index (χ0v) is 11.7. The maximum Gasteiger partial charge on any atom is 0.225 e. The molecule has 0 spiro atoms. The molecule has 2 aliphatic carbocycles. The van der Waals surface area contributed by atoms with Gasteiger partial charge in [-0.3, -0.25) is 4.79 Å². The lowest BCUT2D eigenvalue weighted by Crippen LogP contribution is -2.30. The van der Waals surface area contributed by atoms with Crippen LogP contribution < -0.4 is 5.32 Å². The summed E-state index contributed by atoms with van der Waals surface area (Å²) in [6.45, 7) is 3.03. The van der Waals surface area contributed by atoms with E-state index in [1.807, 2.05) is 17.2 Å². The molecule has 3 fully saturated rings. The summed E-state index contributed by atoms with van der Waals surface area (Å²) in [4.78, 5) is 23.0. The molecule has 5 heteroatoms. The number of likely N-dealkylation sites (tertiary alicyclic amines) is 1. The van der Waals surface area contributed by atoms with Crippen molar-refractivity contribution in [1.82, 2.24) is 14.9 Å². The summed E-state index contributed by atoms with van der Waals surface area (Å²) in [5.41, 5.74) is 0. The quantitative estimate of drug-likeness (QED) is 0.907. The van der Waals surface area contributed by atoms with E-state index in [2.05, 4.69) is 22.2 Å². The van der Waals surface area contributed by atoms with Crippen molar-refractivity contribution in [3.63, 3.8) is 0 Å². The normalized spacial score (nSPS) is 32.5. The molecule has 0 aromatic carbocycles. The first-order valence-corrected chi connectivity index (χ1v) is 7.59. The van der Waals surface area contributed by atoms with Gasteiger partial charge in [0.2, 0.25) is 5.91 Å². The molecule has 1 N–H and O–H groups in total. The van der Waals surface area contributed by atoms with E-state index in [0.29, 0.717) is 24.3 Å². The van der Waals surface area contributed by atoms with Crippen LogP contribution in [-0.2, 0) is 4.79 Å². The number of hydrogen-bond acceptors (Lipinski definition) is 4. The summed E-state index contributed by atoms with van der Waals surface area (Å²) >= 11 is 0. The van der Waals surface area contributed by atoms with Gasteiger partial charge in [0, 0.05) is 31.1 Å². The third-order valence-electron chi connectivity index (χ3n) is 4.59. The van der Waals surface area contributed by atoms with Crippen LogP contribution in [0.4, 0.5) is 5.82 Å². The van der Waals surface area contributed by atoms with Crippen molar-refractivity contribution >= 4 is 11.7 Å². The summed E-state index contributed by atoms with van der Waals surface area (Å²) in [7, 11) is 0. The minimum atomic E-state index is 0.192. The van der Waals surface area contributed by atoms with Gasteiger partial charge in [-0.05, 0) is 31.2 Å². The van der Waals surface area contributed by atoms with Crippen LogP contribution >= 0.6 is 0 Å². The van der Waals surface area contributed by atoms with Crippen LogP contribution in [0.5, 0.6) is 0 Å². The SMILES string of the molecule is CC1CC1N1CC(Nc2ccnc(C3CC3)n2)CC1=O. The number of rotatable bonds is 4. The first kappa shape index (κ1) is 12.1. The lowest BCUT2D eigenvalue weighted by molar-refractivity contribution is -0.128. The molecule has 1 aliphatic heterocycles. The Hall–Kier alpha value is -1.65. The third-order valence-corrected chi connectivity index (χ3v) is 4.59. The van der Waals surface area contributed by atoms with Crippen LogP contribution in [-0.4, -0.2) is 39.4 Å². The molecule has 3 unspecified atom stereocenters. The summed E-state index contributed by atoms with van der Waals surface area (Å²) in [6.07, 6.45) is 5.99. The van der Waals surface area contributed by atoms with Gasteiger partial charge >= 0.3 is 0 Å². The van der Waals surface area contributed by atoms with Crippen LogP contribution in [0.3, 0.4) is 0 Å². The zero-order valence-electron chi connectivity index (χ0n) is 11.7. The molecule has 3 aliphatic rings. The van der Waals surface area contributed by atoms with Crippen molar-refractivity contribution in [2.24, 2.45) is 5.92 Å². The Balaban J connectivity index is 1.42. The zero-order chi connectivity index (χ0) is 13.7. The second-order valence-electron chi connectivity index (χ2n) is 6.45. The number of anilines is 1. The van der Waals surface area contributed by atoms with Crippen molar-refractivity contribution in [3.8, 4) is 0 Å². The number of amides is 1. The van der Waals surface area contributed by atoms with E-state index in [4.69, 9.17) is 0 Å². The Morgan fingerprint density at radius 1 is 1.40 bits per heavy atom. The second kappa shape index (κ2) is 4.43. The molecule has 20 heavy (non-hydrogen) atoms. The molecule has 4 rings (SSSR count). The summed E-state index contributed by atoms with van der Waals surface area (Å²) in [5, 5.41) is 3.41. The number of nitrogens with one attached hydrogen (secondary N) is 1. The van der Waals surface area contributed by atoms with Crippen LogP contribution in [0.15, 0.2) is 12.3 Å².